The van der Waals surface area contributed by atoms with Crippen LogP contribution in [0.25, 0.3) is 0 Å². The van der Waals surface area contributed by atoms with Crippen LogP contribution in [0.2, 0.25) is 0 Å². The number of aryl methyl sites for hydroxylation is 2. The number of nitrogens with zero attached hydrogens (tertiary/aromatic N) is 2. The van der Waals surface area contributed by atoms with E-state index in [1.54, 1.807) is 0 Å². The zero-order valence-corrected chi connectivity index (χ0v) is 12.9. The number of oxazole rings is 1. The average molecular weight is 265 g/mol. The van der Waals surface area contributed by atoms with Crippen LogP contribution >= 0.6 is 0 Å². The molecule has 2 heterocycles. The summed E-state index contributed by atoms with van der Waals surface area (Å²) in [5, 5.41) is 3.69. The molecule has 1 saturated heterocycles. The Labute approximate surface area is 116 Å². The molecule has 1 aromatic rings. The van der Waals surface area contributed by atoms with E-state index in [-0.39, 0.29) is 5.54 Å². The Hall–Kier alpha value is -0.870. The molecule has 4 nitrogen and oxygen atoms in total. The van der Waals surface area contributed by atoms with E-state index < -0.39 is 0 Å². The second-order valence-corrected chi connectivity index (χ2v) is 6.01. The van der Waals surface area contributed by atoms with Crippen LogP contribution in [0.3, 0.4) is 0 Å². The van der Waals surface area contributed by atoms with Crippen LogP contribution in [0.1, 0.15) is 51.0 Å². The molecule has 0 aromatic carbocycles. The van der Waals surface area contributed by atoms with Gasteiger partial charge in [-0.05, 0) is 33.6 Å². The molecule has 0 bridgehead atoms. The molecule has 1 aliphatic heterocycles. The first-order valence-corrected chi connectivity index (χ1v) is 7.39. The predicted octanol–water partition coefficient (Wildman–Crippen LogP) is 2.64. The SMILES string of the molecule is CCC1CNC(C)(CC)CN1Cc1nc(C)c(C)o1. The maximum Gasteiger partial charge on any atom is 0.208 e. The first-order chi connectivity index (χ1) is 8.97. The van der Waals surface area contributed by atoms with Crippen LogP contribution in [0.15, 0.2) is 4.42 Å². The fourth-order valence-corrected chi connectivity index (χ4v) is 2.73. The molecule has 1 aromatic heterocycles. The summed E-state index contributed by atoms with van der Waals surface area (Å²) in [5.74, 6) is 1.80. The summed E-state index contributed by atoms with van der Waals surface area (Å²) in [7, 11) is 0. The van der Waals surface area contributed by atoms with Gasteiger partial charge in [0.05, 0.1) is 12.2 Å². The Morgan fingerprint density at radius 3 is 2.68 bits per heavy atom. The second-order valence-electron chi connectivity index (χ2n) is 6.01. The highest BCUT2D eigenvalue weighted by atomic mass is 16.4. The lowest BCUT2D eigenvalue weighted by molar-refractivity contribution is 0.0678. The summed E-state index contributed by atoms with van der Waals surface area (Å²) in [5.41, 5.74) is 1.22. The second kappa shape index (κ2) is 5.63. The summed E-state index contributed by atoms with van der Waals surface area (Å²) in [6.45, 7) is 13.7. The number of rotatable bonds is 4. The number of piperazine rings is 1. The van der Waals surface area contributed by atoms with Crippen molar-refractivity contribution in [2.75, 3.05) is 13.1 Å². The first kappa shape index (κ1) is 14.5. The molecule has 1 fully saturated rings. The Bertz CT molecular complexity index is 410. The Morgan fingerprint density at radius 1 is 1.42 bits per heavy atom. The highest BCUT2D eigenvalue weighted by molar-refractivity contribution is 5.06. The molecule has 2 rings (SSSR count). The Kier molecular flexibility index (Phi) is 4.31. The molecule has 0 radical (unpaired) electrons. The zero-order chi connectivity index (χ0) is 14.0. The zero-order valence-electron chi connectivity index (χ0n) is 12.9. The lowest BCUT2D eigenvalue weighted by Gasteiger charge is -2.45. The van der Waals surface area contributed by atoms with Crippen molar-refractivity contribution in [2.45, 2.75) is 65.6 Å². The summed E-state index contributed by atoms with van der Waals surface area (Å²) in [4.78, 5) is 7.04. The maximum atomic E-state index is 5.74. The van der Waals surface area contributed by atoms with Gasteiger partial charge in [0, 0.05) is 24.7 Å². The van der Waals surface area contributed by atoms with E-state index in [1.165, 1.54) is 0 Å². The lowest BCUT2D eigenvalue weighted by atomic mass is 9.93. The predicted molar refractivity (Wildman–Crippen MR) is 77.2 cm³/mol. The minimum atomic E-state index is 0.211. The van der Waals surface area contributed by atoms with Crippen molar-refractivity contribution in [1.82, 2.24) is 15.2 Å². The number of nitrogens with one attached hydrogen (secondary N) is 1. The first-order valence-electron chi connectivity index (χ1n) is 7.39. The number of hydrogen-bond acceptors (Lipinski definition) is 4. The van der Waals surface area contributed by atoms with Crippen molar-refractivity contribution in [1.29, 1.82) is 0 Å². The maximum absolute atomic E-state index is 5.74. The van der Waals surface area contributed by atoms with E-state index in [4.69, 9.17) is 4.42 Å². The molecule has 19 heavy (non-hydrogen) atoms. The molecule has 0 saturated carbocycles. The van der Waals surface area contributed by atoms with E-state index in [1.807, 2.05) is 13.8 Å². The van der Waals surface area contributed by atoms with Crippen LogP contribution in [0, 0.1) is 13.8 Å². The molecule has 0 amide bonds. The van der Waals surface area contributed by atoms with E-state index in [9.17, 15) is 0 Å². The summed E-state index contributed by atoms with van der Waals surface area (Å²) < 4.78 is 5.74. The van der Waals surface area contributed by atoms with Crippen molar-refractivity contribution < 1.29 is 4.42 Å². The van der Waals surface area contributed by atoms with Gasteiger partial charge < -0.3 is 9.73 Å². The molecule has 1 N–H and O–H groups in total. The third-order valence-electron chi connectivity index (χ3n) is 4.50. The van der Waals surface area contributed by atoms with Crippen LogP contribution in [-0.4, -0.2) is 34.6 Å². The van der Waals surface area contributed by atoms with Crippen molar-refractivity contribution in [2.24, 2.45) is 0 Å². The van der Waals surface area contributed by atoms with Gasteiger partial charge in [-0.25, -0.2) is 4.98 Å². The molecule has 0 spiro atoms. The number of hydrogen-bond donors (Lipinski definition) is 1. The molecule has 108 valence electrons. The van der Waals surface area contributed by atoms with E-state index >= 15 is 0 Å². The number of aromatic nitrogens is 1. The fraction of sp³-hybridized carbons (Fsp3) is 0.800. The summed E-state index contributed by atoms with van der Waals surface area (Å²) in [6, 6.07) is 0.576. The molecule has 4 heteroatoms. The van der Waals surface area contributed by atoms with Gasteiger partial charge in [0.1, 0.15) is 5.76 Å². The van der Waals surface area contributed by atoms with Gasteiger partial charge in [0.2, 0.25) is 5.89 Å². The third-order valence-corrected chi connectivity index (χ3v) is 4.50. The Morgan fingerprint density at radius 2 is 2.16 bits per heavy atom. The van der Waals surface area contributed by atoms with E-state index in [2.05, 4.69) is 36.0 Å². The van der Waals surface area contributed by atoms with Gasteiger partial charge in [-0.15, -0.1) is 0 Å². The average Bonchev–Trinajstić information content (AvgIpc) is 2.69. The summed E-state index contributed by atoms with van der Waals surface area (Å²) in [6.07, 6.45) is 2.30. The fourth-order valence-electron chi connectivity index (χ4n) is 2.73. The van der Waals surface area contributed by atoms with Crippen LogP contribution in [-0.2, 0) is 6.54 Å². The van der Waals surface area contributed by atoms with Gasteiger partial charge in [-0.2, -0.15) is 0 Å². The van der Waals surface area contributed by atoms with Gasteiger partial charge in [0.15, 0.2) is 0 Å². The van der Waals surface area contributed by atoms with Gasteiger partial charge in [0.25, 0.3) is 0 Å². The van der Waals surface area contributed by atoms with Gasteiger partial charge in [-0.1, -0.05) is 13.8 Å². The topological polar surface area (TPSA) is 41.3 Å². The van der Waals surface area contributed by atoms with Crippen LogP contribution in [0.5, 0.6) is 0 Å². The molecular weight excluding hydrogens is 238 g/mol. The Balaban J connectivity index is 2.10. The van der Waals surface area contributed by atoms with Gasteiger partial charge >= 0.3 is 0 Å². The van der Waals surface area contributed by atoms with Crippen molar-refractivity contribution in [3.8, 4) is 0 Å². The normalized spacial score (nSPS) is 28.8. The minimum absolute atomic E-state index is 0.211. The monoisotopic (exact) mass is 265 g/mol. The van der Waals surface area contributed by atoms with Gasteiger partial charge in [-0.3, -0.25) is 4.90 Å². The van der Waals surface area contributed by atoms with Crippen LogP contribution in [0.4, 0.5) is 0 Å². The van der Waals surface area contributed by atoms with Crippen molar-refractivity contribution in [3.63, 3.8) is 0 Å². The van der Waals surface area contributed by atoms with Crippen LogP contribution < -0.4 is 5.32 Å². The van der Waals surface area contributed by atoms with E-state index in [0.717, 1.165) is 49.8 Å². The minimum Gasteiger partial charge on any atom is -0.444 e. The van der Waals surface area contributed by atoms with E-state index in [0.29, 0.717) is 6.04 Å². The molecule has 1 aliphatic rings. The highest BCUT2D eigenvalue weighted by Crippen LogP contribution is 2.22. The molecular formula is C15H27N3O. The smallest absolute Gasteiger partial charge is 0.208 e. The quantitative estimate of drug-likeness (QED) is 0.908. The van der Waals surface area contributed by atoms with Crippen molar-refractivity contribution in [3.05, 3.63) is 17.3 Å². The summed E-state index contributed by atoms with van der Waals surface area (Å²) >= 11 is 0. The lowest BCUT2D eigenvalue weighted by Crippen LogP contribution is -2.62. The molecule has 2 atom stereocenters. The standard InChI is InChI=1S/C15H27N3O/c1-6-13-8-16-15(5,7-2)10-18(13)9-14-17-11(3)12(4)19-14/h13,16H,6-10H2,1-5H3. The molecule has 2 unspecified atom stereocenters. The molecule has 0 aliphatic carbocycles. The van der Waals surface area contributed by atoms with Crippen molar-refractivity contribution >= 4 is 0 Å². The third kappa shape index (κ3) is 3.18. The highest BCUT2D eigenvalue weighted by Gasteiger charge is 2.34. The largest absolute Gasteiger partial charge is 0.444 e.